The van der Waals surface area contributed by atoms with E-state index in [0.717, 1.165) is 17.0 Å². The zero-order chi connectivity index (χ0) is 17.6. The summed E-state index contributed by atoms with van der Waals surface area (Å²) < 4.78 is 7.65. The van der Waals surface area contributed by atoms with Gasteiger partial charge < -0.3 is 14.2 Å². The molecule has 0 fully saturated rings. The van der Waals surface area contributed by atoms with Gasteiger partial charge in [0.05, 0.1) is 12.9 Å². The third-order valence-electron chi connectivity index (χ3n) is 4.04. The van der Waals surface area contributed by atoms with Crippen LogP contribution in [0.15, 0.2) is 67.3 Å². The van der Waals surface area contributed by atoms with Crippen LogP contribution in [0.5, 0.6) is 5.75 Å². The van der Waals surface area contributed by atoms with Gasteiger partial charge in [-0.05, 0) is 42.8 Å². The zero-order valence-electron chi connectivity index (χ0n) is 14.4. The average Bonchev–Trinajstić information content (AvgIpc) is 3.17. The number of hydrogen-bond donors (Lipinski definition) is 0. The van der Waals surface area contributed by atoms with Gasteiger partial charge in [-0.3, -0.25) is 4.79 Å². The highest BCUT2D eigenvalue weighted by Crippen LogP contribution is 2.16. The second kappa shape index (κ2) is 7.66. The van der Waals surface area contributed by atoms with Crippen LogP contribution in [0, 0.1) is 6.92 Å². The summed E-state index contributed by atoms with van der Waals surface area (Å²) in [6.45, 7) is 2.99. The summed E-state index contributed by atoms with van der Waals surface area (Å²) in [4.78, 5) is 18.2. The van der Waals surface area contributed by atoms with E-state index < -0.39 is 0 Å². The molecule has 0 radical (unpaired) electrons. The third kappa shape index (κ3) is 4.07. The van der Waals surface area contributed by atoms with E-state index in [9.17, 15) is 4.79 Å². The molecule has 0 spiro atoms. The van der Waals surface area contributed by atoms with Crippen molar-refractivity contribution in [3.05, 3.63) is 78.4 Å². The van der Waals surface area contributed by atoms with Crippen molar-refractivity contribution in [1.82, 2.24) is 14.5 Å². The predicted octanol–water partition coefficient (Wildman–Crippen LogP) is 3.33. The topological polar surface area (TPSA) is 47.4 Å². The highest BCUT2D eigenvalue weighted by molar-refractivity contribution is 5.94. The van der Waals surface area contributed by atoms with Gasteiger partial charge in [-0.15, -0.1) is 0 Å². The molecule has 0 atom stereocenters. The van der Waals surface area contributed by atoms with Crippen LogP contribution < -0.4 is 4.74 Å². The van der Waals surface area contributed by atoms with Crippen LogP contribution in [0.3, 0.4) is 0 Å². The van der Waals surface area contributed by atoms with Crippen LogP contribution in [0.1, 0.15) is 15.9 Å². The minimum Gasteiger partial charge on any atom is -0.491 e. The molecule has 1 aromatic heterocycles. The second-order valence-corrected chi connectivity index (χ2v) is 5.86. The number of ether oxygens (including phenoxy) is 1. The molecule has 0 bridgehead atoms. The van der Waals surface area contributed by atoms with Crippen molar-refractivity contribution in [2.24, 2.45) is 0 Å². The largest absolute Gasteiger partial charge is 0.491 e. The van der Waals surface area contributed by atoms with Crippen molar-refractivity contribution in [1.29, 1.82) is 0 Å². The van der Waals surface area contributed by atoms with E-state index in [4.69, 9.17) is 4.74 Å². The quantitative estimate of drug-likeness (QED) is 0.694. The first-order valence-electron chi connectivity index (χ1n) is 8.17. The Morgan fingerprint density at radius 2 is 1.92 bits per heavy atom. The predicted molar refractivity (Wildman–Crippen MR) is 97.2 cm³/mol. The summed E-state index contributed by atoms with van der Waals surface area (Å²) in [6, 6.07) is 15.3. The van der Waals surface area contributed by atoms with Gasteiger partial charge in [0.25, 0.3) is 5.91 Å². The summed E-state index contributed by atoms with van der Waals surface area (Å²) in [5.41, 5.74) is 2.72. The lowest BCUT2D eigenvalue weighted by Gasteiger charge is -2.18. The molecule has 0 saturated heterocycles. The molecule has 0 unspecified atom stereocenters. The molecule has 0 saturated carbocycles. The van der Waals surface area contributed by atoms with Crippen molar-refractivity contribution in [2.75, 3.05) is 20.2 Å². The number of amides is 1. The van der Waals surface area contributed by atoms with Crippen molar-refractivity contribution in [3.8, 4) is 11.4 Å². The molecule has 0 N–H and O–H groups in total. The molecule has 5 heteroatoms. The molecule has 0 aliphatic carbocycles. The van der Waals surface area contributed by atoms with Crippen molar-refractivity contribution >= 4 is 5.91 Å². The summed E-state index contributed by atoms with van der Waals surface area (Å²) >= 11 is 0. The number of hydrogen-bond acceptors (Lipinski definition) is 3. The third-order valence-corrected chi connectivity index (χ3v) is 4.04. The number of aryl methyl sites for hydroxylation is 1. The SMILES string of the molecule is Cc1ccccc1OCCN(C)C(=O)c1ccc(-n2ccnc2)cc1. The van der Waals surface area contributed by atoms with Gasteiger partial charge in [-0.1, -0.05) is 18.2 Å². The Morgan fingerprint density at radius 3 is 2.60 bits per heavy atom. The molecule has 3 aromatic rings. The smallest absolute Gasteiger partial charge is 0.253 e. The molecular weight excluding hydrogens is 314 g/mol. The second-order valence-electron chi connectivity index (χ2n) is 5.86. The monoisotopic (exact) mass is 335 g/mol. The summed E-state index contributed by atoms with van der Waals surface area (Å²) in [7, 11) is 1.79. The summed E-state index contributed by atoms with van der Waals surface area (Å²) in [5, 5.41) is 0. The van der Waals surface area contributed by atoms with Crippen molar-refractivity contribution in [3.63, 3.8) is 0 Å². The minimum absolute atomic E-state index is 0.0226. The van der Waals surface area contributed by atoms with Crippen LogP contribution in [-0.4, -0.2) is 40.6 Å². The number of para-hydroxylation sites is 1. The number of benzene rings is 2. The molecule has 0 aliphatic heterocycles. The lowest BCUT2D eigenvalue weighted by molar-refractivity contribution is 0.0773. The lowest BCUT2D eigenvalue weighted by atomic mass is 10.2. The zero-order valence-corrected chi connectivity index (χ0v) is 14.4. The van der Waals surface area contributed by atoms with Crippen LogP contribution in [-0.2, 0) is 0 Å². The molecule has 1 amide bonds. The van der Waals surface area contributed by atoms with Crippen LogP contribution in [0.4, 0.5) is 0 Å². The fourth-order valence-corrected chi connectivity index (χ4v) is 2.52. The Hall–Kier alpha value is -3.08. The van der Waals surface area contributed by atoms with E-state index in [0.29, 0.717) is 18.7 Å². The maximum absolute atomic E-state index is 12.5. The van der Waals surface area contributed by atoms with Gasteiger partial charge in [-0.2, -0.15) is 0 Å². The standard InChI is InChI=1S/C20H21N3O2/c1-16-5-3-4-6-19(16)25-14-13-22(2)20(24)17-7-9-18(10-8-17)23-12-11-21-15-23/h3-12,15H,13-14H2,1-2H3. The fourth-order valence-electron chi connectivity index (χ4n) is 2.52. The van der Waals surface area contributed by atoms with Crippen molar-refractivity contribution in [2.45, 2.75) is 6.92 Å². The summed E-state index contributed by atoms with van der Waals surface area (Å²) in [5.74, 6) is 0.832. The molecular formula is C20H21N3O2. The van der Waals surface area contributed by atoms with E-state index in [1.165, 1.54) is 0 Å². The fraction of sp³-hybridized carbons (Fsp3) is 0.200. The van der Waals surface area contributed by atoms with Crippen molar-refractivity contribution < 1.29 is 9.53 Å². The van der Waals surface area contributed by atoms with E-state index in [-0.39, 0.29) is 5.91 Å². The Bertz CT molecular complexity index is 826. The summed E-state index contributed by atoms with van der Waals surface area (Å²) in [6.07, 6.45) is 5.32. The Balaban J connectivity index is 1.56. The number of nitrogens with zero attached hydrogens (tertiary/aromatic N) is 3. The maximum atomic E-state index is 12.5. The maximum Gasteiger partial charge on any atom is 0.253 e. The van der Waals surface area contributed by atoms with E-state index in [1.807, 2.05) is 66.2 Å². The average molecular weight is 335 g/mol. The lowest BCUT2D eigenvalue weighted by Crippen LogP contribution is -2.30. The first kappa shape index (κ1) is 16.8. The van der Waals surface area contributed by atoms with E-state index >= 15 is 0 Å². The Morgan fingerprint density at radius 1 is 1.16 bits per heavy atom. The normalized spacial score (nSPS) is 10.5. The first-order valence-corrected chi connectivity index (χ1v) is 8.17. The van der Waals surface area contributed by atoms with Gasteiger partial charge in [0.15, 0.2) is 0 Å². The number of rotatable bonds is 6. The number of likely N-dealkylation sites (N-methyl/N-ethyl adjacent to an activating group) is 1. The van der Waals surface area contributed by atoms with Gasteiger partial charge >= 0.3 is 0 Å². The molecule has 3 rings (SSSR count). The molecule has 0 aliphatic rings. The van der Waals surface area contributed by atoms with Gasteiger partial charge in [0.2, 0.25) is 0 Å². The number of carbonyl (C=O) groups excluding carboxylic acids is 1. The number of aromatic nitrogens is 2. The molecule has 2 aromatic carbocycles. The molecule has 5 nitrogen and oxygen atoms in total. The van der Waals surface area contributed by atoms with Gasteiger partial charge in [0, 0.05) is 30.7 Å². The molecule has 1 heterocycles. The van der Waals surface area contributed by atoms with Crippen LogP contribution >= 0.6 is 0 Å². The number of imidazole rings is 1. The first-order chi connectivity index (χ1) is 12.1. The van der Waals surface area contributed by atoms with Gasteiger partial charge in [0.1, 0.15) is 12.4 Å². The van der Waals surface area contributed by atoms with Crippen LogP contribution in [0.25, 0.3) is 5.69 Å². The highest BCUT2D eigenvalue weighted by atomic mass is 16.5. The van der Waals surface area contributed by atoms with Gasteiger partial charge in [-0.25, -0.2) is 4.98 Å². The van der Waals surface area contributed by atoms with E-state index in [1.54, 1.807) is 24.5 Å². The Kier molecular flexibility index (Phi) is 5.14. The Labute approximate surface area is 147 Å². The van der Waals surface area contributed by atoms with Crippen LogP contribution in [0.2, 0.25) is 0 Å². The minimum atomic E-state index is -0.0226. The number of carbonyl (C=O) groups is 1. The molecule has 25 heavy (non-hydrogen) atoms. The van der Waals surface area contributed by atoms with E-state index in [2.05, 4.69) is 4.98 Å². The molecule has 128 valence electrons. The highest BCUT2D eigenvalue weighted by Gasteiger charge is 2.12.